The molecule has 21 heavy (non-hydrogen) atoms. The van der Waals surface area contributed by atoms with Crippen molar-refractivity contribution in [2.24, 2.45) is 5.41 Å². The standard InChI is InChI=1S/C14H20N2O5/c1-8(16-13(20)14(2,3)4)11(17)15-7-9-5-6-10(21-9)12(18)19/h5-6,8H,7H2,1-4H3,(H,15,17)(H,16,20)(H,18,19). The number of carboxylic acids is 1. The number of hydrogen-bond donors (Lipinski definition) is 3. The number of aromatic carboxylic acids is 1. The van der Waals surface area contributed by atoms with Gasteiger partial charge in [0.1, 0.15) is 11.8 Å². The highest BCUT2D eigenvalue weighted by atomic mass is 16.4. The predicted octanol–water partition coefficient (Wildman–Crippen LogP) is 1.14. The van der Waals surface area contributed by atoms with E-state index in [0.717, 1.165) is 0 Å². The molecule has 1 aromatic rings. The first-order chi connectivity index (χ1) is 9.61. The monoisotopic (exact) mass is 296 g/mol. The first-order valence-electron chi connectivity index (χ1n) is 6.52. The Bertz CT molecular complexity index is 542. The molecule has 3 N–H and O–H groups in total. The molecule has 0 saturated heterocycles. The number of nitrogens with one attached hydrogen (secondary N) is 2. The van der Waals surface area contributed by atoms with Gasteiger partial charge in [-0.15, -0.1) is 0 Å². The summed E-state index contributed by atoms with van der Waals surface area (Å²) < 4.78 is 5.01. The van der Waals surface area contributed by atoms with Crippen LogP contribution in [0.25, 0.3) is 0 Å². The van der Waals surface area contributed by atoms with Crippen molar-refractivity contribution in [3.05, 3.63) is 23.7 Å². The summed E-state index contributed by atoms with van der Waals surface area (Å²) >= 11 is 0. The molecule has 1 atom stereocenters. The number of carbonyl (C=O) groups excluding carboxylic acids is 2. The van der Waals surface area contributed by atoms with Gasteiger partial charge in [-0.1, -0.05) is 20.8 Å². The van der Waals surface area contributed by atoms with Crippen molar-refractivity contribution in [3.8, 4) is 0 Å². The van der Waals surface area contributed by atoms with E-state index in [-0.39, 0.29) is 24.1 Å². The minimum Gasteiger partial charge on any atom is -0.475 e. The van der Waals surface area contributed by atoms with Crippen molar-refractivity contribution in [1.29, 1.82) is 0 Å². The molecule has 1 heterocycles. The molecule has 0 spiro atoms. The Morgan fingerprint density at radius 2 is 1.90 bits per heavy atom. The van der Waals surface area contributed by atoms with Gasteiger partial charge in [0.15, 0.2) is 0 Å². The van der Waals surface area contributed by atoms with Crippen LogP contribution in [-0.2, 0) is 16.1 Å². The van der Waals surface area contributed by atoms with Gasteiger partial charge >= 0.3 is 5.97 Å². The van der Waals surface area contributed by atoms with E-state index in [2.05, 4.69) is 10.6 Å². The van der Waals surface area contributed by atoms with Crippen molar-refractivity contribution in [2.45, 2.75) is 40.3 Å². The van der Waals surface area contributed by atoms with Gasteiger partial charge in [-0.25, -0.2) is 4.79 Å². The summed E-state index contributed by atoms with van der Waals surface area (Å²) in [6.45, 7) is 6.89. The Balaban J connectivity index is 2.49. The third-order valence-electron chi connectivity index (χ3n) is 2.73. The molecule has 116 valence electrons. The van der Waals surface area contributed by atoms with Crippen LogP contribution in [0.3, 0.4) is 0 Å². The smallest absolute Gasteiger partial charge is 0.371 e. The van der Waals surface area contributed by atoms with Gasteiger partial charge in [-0.3, -0.25) is 9.59 Å². The molecule has 1 unspecified atom stereocenters. The Hall–Kier alpha value is -2.31. The minimum absolute atomic E-state index is 0.0574. The van der Waals surface area contributed by atoms with E-state index in [9.17, 15) is 14.4 Å². The Labute approximate surface area is 122 Å². The molecule has 7 heteroatoms. The van der Waals surface area contributed by atoms with Gasteiger partial charge in [-0.05, 0) is 19.1 Å². The van der Waals surface area contributed by atoms with Crippen molar-refractivity contribution in [1.82, 2.24) is 10.6 Å². The van der Waals surface area contributed by atoms with Gasteiger partial charge in [-0.2, -0.15) is 0 Å². The molecule has 0 aliphatic heterocycles. The summed E-state index contributed by atoms with van der Waals surface area (Å²) in [6.07, 6.45) is 0. The zero-order valence-electron chi connectivity index (χ0n) is 12.5. The summed E-state index contributed by atoms with van der Waals surface area (Å²) in [4.78, 5) is 34.2. The highest BCUT2D eigenvalue weighted by Crippen LogP contribution is 2.13. The minimum atomic E-state index is -1.17. The number of amides is 2. The number of hydrogen-bond acceptors (Lipinski definition) is 4. The third-order valence-corrected chi connectivity index (χ3v) is 2.73. The molecule has 0 aromatic carbocycles. The van der Waals surface area contributed by atoms with Crippen molar-refractivity contribution in [2.75, 3.05) is 0 Å². The van der Waals surface area contributed by atoms with Crippen molar-refractivity contribution in [3.63, 3.8) is 0 Å². The molecule has 0 radical (unpaired) electrons. The molecule has 2 amide bonds. The van der Waals surface area contributed by atoms with E-state index in [1.807, 2.05) is 0 Å². The SMILES string of the molecule is CC(NC(=O)C(C)(C)C)C(=O)NCc1ccc(C(=O)O)o1. The first kappa shape index (κ1) is 16.7. The molecule has 0 fully saturated rings. The summed E-state index contributed by atoms with van der Waals surface area (Å²) in [6, 6.07) is 2.10. The highest BCUT2D eigenvalue weighted by molar-refractivity contribution is 5.89. The second-order valence-electron chi connectivity index (χ2n) is 5.73. The quantitative estimate of drug-likeness (QED) is 0.755. The molecule has 1 rings (SSSR count). The Morgan fingerprint density at radius 1 is 1.29 bits per heavy atom. The lowest BCUT2D eigenvalue weighted by Crippen LogP contribution is -2.48. The van der Waals surface area contributed by atoms with Crippen LogP contribution in [0.2, 0.25) is 0 Å². The van der Waals surface area contributed by atoms with Crippen LogP contribution >= 0.6 is 0 Å². The molecule has 0 aliphatic rings. The van der Waals surface area contributed by atoms with Gasteiger partial charge in [0, 0.05) is 5.41 Å². The lowest BCUT2D eigenvalue weighted by atomic mass is 9.95. The van der Waals surface area contributed by atoms with Crippen LogP contribution in [0.4, 0.5) is 0 Å². The number of rotatable bonds is 5. The van der Waals surface area contributed by atoms with Gasteiger partial charge in [0.05, 0.1) is 6.54 Å². The molecule has 0 saturated carbocycles. The van der Waals surface area contributed by atoms with Gasteiger partial charge < -0.3 is 20.2 Å². The third kappa shape index (κ3) is 4.94. The zero-order chi connectivity index (χ0) is 16.2. The van der Waals surface area contributed by atoms with E-state index in [4.69, 9.17) is 9.52 Å². The Kier molecular flexibility index (Phi) is 5.12. The highest BCUT2D eigenvalue weighted by Gasteiger charge is 2.25. The lowest BCUT2D eigenvalue weighted by Gasteiger charge is -2.21. The van der Waals surface area contributed by atoms with Crippen LogP contribution in [-0.4, -0.2) is 28.9 Å². The van der Waals surface area contributed by atoms with Crippen LogP contribution in [0, 0.1) is 5.41 Å². The second kappa shape index (κ2) is 6.43. The summed E-state index contributed by atoms with van der Waals surface area (Å²) in [5.41, 5.74) is -0.577. The topological polar surface area (TPSA) is 109 Å². The zero-order valence-corrected chi connectivity index (χ0v) is 12.5. The van der Waals surface area contributed by atoms with E-state index >= 15 is 0 Å². The molecule has 0 aliphatic carbocycles. The molecular weight excluding hydrogens is 276 g/mol. The first-order valence-corrected chi connectivity index (χ1v) is 6.52. The molecule has 7 nitrogen and oxygen atoms in total. The fraction of sp³-hybridized carbons (Fsp3) is 0.500. The normalized spacial score (nSPS) is 12.6. The average Bonchev–Trinajstić information content (AvgIpc) is 2.83. The van der Waals surface area contributed by atoms with Crippen LogP contribution in [0.5, 0.6) is 0 Å². The van der Waals surface area contributed by atoms with Crippen molar-refractivity contribution >= 4 is 17.8 Å². The average molecular weight is 296 g/mol. The Morgan fingerprint density at radius 3 is 2.38 bits per heavy atom. The second-order valence-corrected chi connectivity index (χ2v) is 5.73. The fourth-order valence-electron chi connectivity index (χ4n) is 1.39. The van der Waals surface area contributed by atoms with E-state index in [1.54, 1.807) is 27.7 Å². The van der Waals surface area contributed by atoms with Crippen LogP contribution in [0.1, 0.15) is 44.0 Å². The van der Waals surface area contributed by atoms with E-state index in [1.165, 1.54) is 12.1 Å². The molecule has 1 aromatic heterocycles. The number of carboxylic acid groups (broad SMARTS) is 1. The van der Waals surface area contributed by atoms with E-state index < -0.39 is 17.4 Å². The molecule has 0 bridgehead atoms. The largest absolute Gasteiger partial charge is 0.475 e. The van der Waals surface area contributed by atoms with Crippen LogP contribution in [0.15, 0.2) is 16.5 Å². The fourth-order valence-corrected chi connectivity index (χ4v) is 1.39. The lowest BCUT2D eigenvalue weighted by molar-refractivity contribution is -0.133. The summed E-state index contributed by atoms with van der Waals surface area (Å²) in [5.74, 6) is -1.63. The van der Waals surface area contributed by atoms with Crippen LogP contribution < -0.4 is 10.6 Å². The van der Waals surface area contributed by atoms with Crippen molar-refractivity contribution < 1.29 is 23.9 Å². The maximum absolute atomic E-state index is 11.8. The maximum atomic E-state index is 11.8. The predicted molar refractivity (Wildman–Crippen MR) is 74.6 cm³/mol. The number of furan rings is 1. The summed E-state index contributed by atoms with van der Waals surface area (Å²) in [7, 11) is 0. The van der Waals surface area contributed by atoms with E-state index in [0.29, 0.717) is 5.76 Å². The number of carbonyl (C=O) groups is 3. The maximum Gasteiger partial charge on any atom is 0.371 e. The summed E-state index contributed by atoms with van der Waals surface area (Å²) in [5, 5.41) is 13.9. The van der Waals surface area contributed by atoms with Gasteiger partial charge in [0.25, 0.3) is 0 Å². The van der Waals surface area contributed by atoms with Gasteiger partial charge in [0.2, 0.25) is 17.6 Å². The molecular formula is C14H20N2O5.